The second-order valence-electron chi connectivity index (χ2n) is 4.77. The van der Waals surface area contributed by atoms with Crippen LogP contribution in [0.1, 0.15) is 19.4 Å². The SMILES string of the molecule is CC(C)Oc1cccc(CNc2cccc(Cl)c2F)c1. The first-order valence-electron chi connectivity index (χ1n) is 6.49. The van der Waals surface area contributed by atoms with Crippen molar-refractivity contribution in [3.63, 3.8) is 0 Å². The maximum atomic E-state index is 13.7. The number of hydrogen-bond donors (Lipinski definition) is 1. The molecule has 0 amide bonds. The summed E-state index contributed by atoms with van der Waals surface area (Å²) >= 11 is 5.74. The van der Waals surface area contributed by atoms with Gasteiger partial charge in [-0.05, 0) is 43.7 Å². The Kier molecular flexibility index (Phi) is 4.85. The molecule has 0 fully saturated rings. The molecule has 1 N–H and O–H groups in total. The van der Waals surface area contributed by atoms with Gasteiger partial charge in [-0.2, -0.15) is 0 Å². The van der Waals surface area contributed by atoms with Gasteiger partial charge in [0.05, 0.1) is 16.8 Å². The fourth-order valence-corrected chi connectivity index (χ4v) is 2.01. The third-order valence-electron chi connectivity index (χ3n) is 2.70. The van der Waals surface area contributed by atoms with Crippen molar-refractivity contribution < 1.29 is 9.13 Å². The van der Waals surface area contributed by atoms with E-state index in [9.17, 15) is 4.39 Å². The number of anilines is 1. The molecule has 0 bridgehead atoms. The topological polar surface area (TPSA) is 21.3 Å². The lowest BCUT2D eigenvalue weighted by Gasteiger charge is -2.12. The lowest BCUT2D eigenvalue weighted by Crippen LogP contribution is -2.06. The maximum absolute atomic E-state index is 13.7. The third kappa shape index (κ3) is 3.87. The molecule has 2 rings (SSSR count). The fraction of sp³-hybridized carbons (Fsp3) is 0.250. The monoisotopic (exact) mass is 293 g/mol. The molecule has 2 aromatic rings. The number of ether oxygens (including phenoxy) is 1. The molecule has 0 atom stereocenters. The number of hydrogen-bond acceptors (Lipinski definition) is 2. The van der Waals surface area contributed by atoms with Crippen molar-refractivity contribution in [2.24, 2.45) is 0 Å². The minimum Gasteiger partial charge on any atom is -0.491 e. The normalized spacial score (nSPS) is 10.7. The fourth-order valence-electron chi connectivity index (χ4n) is 1.84. The van der Waals surface area contributed by atoms with Crippen LogP contribution in [0, 0.1) is 5.82 Å². The summed E-state index contributed by atoms with van der Waals surface area (Å²) in [5.41, 5.74) is 1.41. The van der Waals surface area contributed by atoms with Crippen molar-refractivity contribution in [3.05, 3.63) is 58.9 Å². The van der Waals surface area contributed by atoms with Crippen molar-refractivity contribution in [2.75, 3.05) is 5.32 Å². The first kappa shape index (κ1) is 14.7. The highest BCUT2D eigenvalue weighted by molar-refractivity contribution is 6.31. The standard InChI is InChI=1S/C16H17ClFNO/c1-11(2)20-13-6-3-5-12(9-13)10-19-15-8-4-7-14(17)16(15)18/h3-9,11,19H,10H2,1-2H3. The van der Waals surface area contributed by atoms with Crippen LogP contribution in [0.3, 0.4) is 0 Å². The molecule has 0 radical (unpaired) electrons. The molecule has 106 valence electrons. The predicted molar refractivity (Wildman–Crippen MR) is 80.9 cm³/mol. The molecule has 0 saturated carbocycles. The summed E-state index contributed by atoms with van der Waals surface area (Å²) in [6.45, 7) is 4.46. The van der Waals surface area contributed by atoms with Crippen LogP contribution in [0.2, 0.25) is 5.02 Å². The first-order chi connectivity index (χ1) is 9.56. The second-order valence-corrected chi connectivity index (χ2v) is 5.18. The molecule has 0 aliphatic heterocycles. The third-order valence-corrected chi connectivity index (χ3v) is 3.00. The zero-order chi connectivity index (χ0) is 14.5. The summed E-state index contributed by atoms with van der Waals surface area (Å²) in [5, 5.41) is 3.15. The van der Waals surface area contributed by atoms with Gasteiger partial charge in [0.2, 0.25) is 0 Å². The van der Waals surface area contributed by atoms with Gasteiger partial charge in [-0.15, -0.1) is 0 Å². The van der Waals surface area contributed by atoms with Crippen LogP contribution in [0.4, 0.5) is 10.1 Å². The Labute approximate surface area is 123 Å². The first-order valence-corrected chi connectivity index (χ1v) is 6.87. The van der Waals surface area contributed by atoms with Crippen molar-refractivity contribution >= 4 is 17.3 Å². The van der Waals surface area contributed by atoms with Crippen LogP contribution in [0.25, 0.3) is 0 Å². The van der Waals surface area contributed by atoms with Crippen molar-refractivity contribution in [2.45, 2.75) is 26.5 Å². The average Bonchev–Trinajstić information content (AvgIpc) is 2.40. The Bertz CT molecular complexity index is 586. The highest BCUT2D eigenvalue weighted by Gasteiger charge is 2.06. The number of nitrogens with one attached hydrogen (secondary N) is 1. The van der Waals surface area contributed by atoms with Gasteiger partial charge >= 0.3 is 0 Å². The Morgan fingerprint density at radius 3 is 2.70 bits per heavy atom. The largest absolute Gasteiger partial charge is 0.491 e. The van der Waals surface area contributed by atoms with Crippen LogP contribution < -0.4 is 10.1 Å². The van der Waals surface area contributed by atoms with E-state index in [1.54, 1.807) is 12.1 Å². The molecule has 0 heterocycles. The minimum absolute atomic E-state index is 0.117. The van der Waals surface area contributed by atoms with Crippen LogP contribution in [0.5, 0.6) is 5.75 Å². The lowest BCUT2D eigenvalue weighted by molar-refractivity contribution is 0.242. The molecule has 0 saturated heterocycles. The molecule has 0 aromatic heterocycles. The Morgan fingerprint density at radius 2 is 1.95 bits per heavy atom. The van der Waals surface area contributed by atoms with Crippen LogP contribution in [0.15, 0.2) is 42.5 Å². The smallest absolute Gasteiger partial charge is 0.164 e. The quantitative estimate of drug-likeness (QED) is 0.848. The van der Waals surface area contributed by atoms with Crippen LogP contribution in [-0.4, -0.2) is 6.10 Å². The van der Waals surface area contributed by atoms with Gasteiger partial charge in [0.25, 0.3) is 0 Å². The minimum atomic E-state index is -0.427. The lowest BCUT2D eigenvalue weighted by atomic mass is 10.2. The van der Waals surface area contributed by atoms with Crippen molar-refractivity contribution in [3.8, 4) is 5.75 Å². The maximum Gasteiger partial charge on any atom is 0.164 e. The molecule has 20 heavy (non-hydrogen) atoms. The van der Waals surface area contributed by atoms with E-state index in [1.807, 2.05) is 38.1 Å². The van der Waals surface area contributed by atoms with Crippen LogP contribution >= 0.6 is 11.6 Å². The zero-order valence-electron chi connectivity index (χ0n) is 11.5. The van der Waals surface area contributed by atoms with Gasteiger partial charge in [-0.1, -0.05) is 29.8 Å². The molecule has 0 aliphatic carbocycles. The summed E-state index contributed by atoms with van der Waals surface area (Å²) in [5.74, 6) is 0.384. The van der Waals surface area contributed by atoms with Gasteiger partial charge in [-0.25, -0.2) is 4.39 Å². The van der Waals surface area contributed by atoms with Gasteiger partial charge < -0.3 is 10.1 Å². The Hall–Kier alpha value is -1.74. The molecule has 4 heteroatoms. The van der Waals surface area contributed by atoms with E-state index in [0.717, 1.165) is 11.3 Å². The number of benzene rings is 2. The summed E-state index contributed by atoms with van der Waals surface area (Å²) in [7, 11) is 0. The predicted octanol–water partition coefficient (Wildman–Crippen LogP) is 4.88. The van der Waals surface area contributed by atoms with E-state index in [0.29, 0.717) is 12.2 Å². The van der Waals surface area contributed by atoms with Crippen LogP contribution in [-0.2, 0) is 6.54 Å². The molecular weight excluding hydrogens is 277 g/mol. The van der Waals surface area contributed by atoms with Gasteiger partial charge in [0, 0.05) is 6.54 Å². The molecular formula is C16H17ClFNO. The van der Waals surface area contributed by atoms with E-state index in [2.05, 4.69) is 5.32 Å². The Morgan fingerprint density at radius 1 is 1.20 bits per heavy atom. The van der Waals surface area contributed by atoms with E-state index >= 15 is 0 Å². The summed E-state index contributed by atoms with van der Waals surface area (Å²) in [6.07, 6.45) is 0.128. The highest BCUT2D eigenvalue weighted by Crippen LogP contribution is 2.23. The van der Waals surface area contributed by atoms with E-state index in [1.165, 1.54) is 6.07 Å². The summed E-state index contributed by atoms with van der Waals surface area (Å²) in [6, 6.07) is 12.6. The molecule has 2 aromatic carbocycles. The van der Waals surface area contributed by atoms with E-state index in [4.69, 9.17) is 16.3 Å². The number of halogens is 2. The van der Waals surface area contributed by atoms with Gasteiger partial charge in [-0.3, -0.25) is 0 Å². The van der Waals surface area contributed by atoms with E-state index < -0.39 is 5.82 Å². The molecule has 0 aliphatic rings. The second kappa shape index (κ2) is 6.62. The van der Waals surface area contributed by atoms with Gasteiger partial charge in [0.1, 0.15) is 5.75 Å². The van der Waals surface area contributed by atoms with Gasteiger partial charge in [0.15, 0.2) is 5.82 Å². The van der Waals surface area contributed by atoms with Crippen molar-refractivity contribution in [1.82, 2.24) is 0 Å². The van der Waals surface area contributed by atoms with E-state index in [-0.39, 0.29) is 11.1 Å². The summed E-state index contributed by atoms with van der Waals surface area (Å²) in [4.78, 5) is 0. The van der Waals surface area contributed by atoms with Crippen molar-refractivity contribution in [1.29, 1.82) is 0 Å². The number of rotatable bonds is 5. The zero-order valence-corrected chi connectivity index (χ0v) is 12.2. The Balaban J connectivity index is 2.05. The molecule has 0 spiro atoms. The molecule has 2 nitrogen and oxygen atoms in total. The highest BCUT2D eigenvalue weighted by atomic mass is 35.5. The molecule has 0 unspecified atom stereocenters. The summed E-state index contributed by atoms with van der Waals surface area (Å²) < 4.78 is 19.4. The average molecular weight is 294 g/mol.